The van der Waals surface area contributed by atoms with Crippen LogP contribution in [0.5, 0.6) is 11.5 Å². The van der Waals surface area contributed by atoms with Crippen LogP contribution in [0.4, 0.5) is 0 Å². The summed E-state index contributed by atoms with van der Waals surface area (Å²) in [6.07, 6.45) is 9.84. The van der Waals surface area contributed by atoms with Crippen molar-refractivity contribution in [3.8, 4) is 62.1 Å². The van der Waals surface area contributed by atoms with Crippen LogP contribution in [0.25, 0.3) is 83.4 Å². The van der Waals surface area contributed by atoms with E-state index in [1.165, 1.54) is 0 Å². The van der Waals surface area contributed by atoms with Crippen molar-refractivity contribution in [1.82, 2.24) is 14.1 Å². The van der Waals surface area contributed by atoms with E-state index in [9.17, 15) is 0 Å². The molecule has 66 heavy (non-hydrogen) atoms. The third-order valence-electron chi connectivity index (χ3n) is 12.1. The van der Waals surface area contributed by atoms with Crippen LogP contribution in [-0.2, 0) is 21.1 Å². The van der Waals surface area contributed by atoms with E-state index in [0.29, 0.717) is 45.1 Å². The normalized spacial score (nSPS) is 16.2. The molecule has 5 nitrogen and oxygen atoms in total. The zero-order valence-corrected chi connectivity index (χ0v) is 37.3. The summed E-state index contributed by atoms with van der Waals surface area (Å²) in [4.78, 5) is 4.98. The number of pyridine rings is 1. The van der Waals surface area contributed by atoms with E-state index in [4.69, 9.17) is 30.3 Å². The van der Waals surface area contributed by atoms with Crippen molar-refractivity contribution in [2.75, 3.05) is 0 Å². The summed E-state index contributed by atoms with van der Waals surface area (Å²) in [5.41, 5.74) is 4.51. The van der Waals surface area contributed by atoms with E-state index >= 15 is 0 Å². The standard InChI is InChI=1S/C60H44N4O.Pt/c1-5-19-42(20-6-1)49-30-18-31-50(43-21-7-2-8-22-43)60(49)63-41-62(56-33-15-16-34-57(56)63)46-27-17-28-47(37-46)65-48-35-36-52-51-29-13-14-32-55(51)64(58(52)38-48)59-39-53(44-23-9-3-10-24-44)54(40-61-59)45-25-11-4-12-26-45;/h1-2,4-8,11-22,25-36,39-40,44H,3,9-10,23-24H2;/q-2;/i1D,2D,4D,5D,6D,7D,8D,11D,12D,19D,20D,21D,22D,25D,26D;. The summed E-state index contributed by atoms with van der Waals surface area (Å²) >= 11 is 0. The van der Waals surface area contributed by atoms with Crippen molar-refractivity contribution >= 4 is 32.8 Å². The van der Waals surface area contributed by atoms with Gasteiger partial charge in [0, 0.05) is 49.8 Å². The summed E-state index contributed by atoms with van der Waals surface area (Å²) < 4.78 is 142. The maximum Gasteiger partial charge on any atom is 0.268 e. The third-order valence-corrected chi connectivity index (χ3v) is 12.1. The zero-order valence-electron chi connectivity index (χ0n) is 50.0. The van der Waals surface area contributed by atoms with Gasteiger partial charge in [0.15, 0.2) is 0 Å². The zero-order chi connectivity index (χ0) is 56.2. The number of imidazole rings is 1. The SMILES string of the molecule is [2H]c1c([2H])c([2H])c(-c2cnc(-n3c4[c-]c(Oc5[c-]c(-n6[c-][n+](-c7c(-c8c([2H])c([2H])c([2H])c([2H])c8[2H])cccc7-c7c([2H])c([2H])c([2H])c([2H])c7[2H])c7ccccc76)ccc5)ccc4c4ccccc43)cc2C2CCCCC2)c([2H])c1[2H].[Pt]. The van der Waals surface area contributed by atoms with E-state index in [1.54, 1.807) is 63.9 Å². The van der Waals surface area contributed by atoms with Crippen molar-refractivity contribution < 1.29 is 50.9 Å². The molecule has 0 aliphatic heterocycles. The molecule has 11 aromatic rings. The summed E-state index contributed by atoms with van der Waals surface area (Å²) in [5.74, 6) is 1.24. The van der Waals surface area contributed by atoms with Gasteiger partial charge in [-0.2, -0.15) is 18.2 Å². The predicted octanol–water partition coefficient (Wildman–Crippen LogP) is 14.6. The number of ether oxygens (including phenoxy) is 1. The van der Waals surface area contributed by atoms with Gasteiger partial charge in [-0.1, -0.05) is 176 Å². The molecular weight excluding hydrogens is 988 g/mol. The number of fused-ring (bicyclic) bond motifs is 4. The minimum atomic E-state index is -0.594. The molecule has 8 aromatic carbocycles. The number of nitrogens with zero attached hydrogens (tertiary/aromatic N) is 4. The van der Waals surface area contributed by atoms with E-state index < -0.39 is 78.6 Å². The molecule has 1 aliphatic rings. The first kappa shape index (κ1) is 27.9. The summed E-state index contributed by atoms with van der Waals surface area (Å²) in [7, 11) is 0. The molecule has 0 bridgehead atoms. The minimum Gasteiger partial charge on any atom is -0.510 e. The molecule has 0 N–H and O–H groups in total. The Balaban J connectivity index is 0.00000690. The minimum absolute atomic E-state index is 0. The molecule has 0 saturated heterocycles. The van der Waals surface area contributed by atoms with Crippen molar-refractivity contribution in [3.63, 3.8) is 0 Å². The van der Waals surface area contributed by atoms with E-state index in [0.717, 1.165) is 54.0 Å². The number of para-hydroxylation sites is 4. The van der Waals surface area contributed by atoms with Crippen LogP contribution in [-0.4, -0.2) is 14.1 Å². The van der Waals surface area contributed by atoms with Crippen molar-refractivity contribution in [2.45, 2.75) is 38.0 Å². The van der Waals surface area contributed by atoms with Gasteiger partial charge in [0.05, 0.1) is 37.3 Å². The molecule has 3 heterocycles. The number of rotatable bonds is 9. The van der Waals surface area contributed by atoms with E-state index in [-0.39, 0.29) is 72.6 Å². The Bertz CT molecular complexity index is 4250. The predicted molar refractivity (Wildman–Crippen MR) is 262 cm³/mol. The average molecular weight is 1050 g/mol. The topological polar surface area (TPSA) is 35.9 Å². The molecule has 0 radical (unpaired) electrons. The molecule has 0 amide bonds. The second-order valence-corrected chi connectivity index (χ2v) is 15.9. The number of hydrogen-bond acceptors (Lipinski definition) is 2. The second-order valence-electron chi connectivity index (χ2n) is 15.9. The van der Waals surface area contributed by atoms with E-state index in [1.807, 2.05) is 59.2 Å². The molecule has 1 aliphatic carbocycles. The van der Waals surface area contributed by atoms with Gasteiger partial charge in [0.25, 0.3) is 6.33 Å². The first-order chi connectivity index (χ1) is 38.5. The molecule has 6 heteroatoms. The van der Waals surface area contributed by atoms with Gasteiger partial charge in [-0.15, -0.1) is 29.7 Å². The van der Waals surface area contributed by atoms with Crippen LogP contribution in [0.1, 0.15) is 64.1 Å². The van der Waals surface area contributed by atoms with Gasteiger partial charge < -0.3 is 13.9 Å². The molecule has 0 unspecified atom stereocenters. The molecule has 3 aromatic heterocycles. The maximum absolute atomic E-state index is 9.04. The Kier molecular flexibility index (Phi) is 7.57. The van der Waals surface area contributed by atoms with Gasteiger partial charge in [-0.3, -0.25) is 4.57 Å². The molecule has 1 fully saturated rings. The fourth-order valence-corrected chi connectivity index (χ4v) is 9.20. The maximum atomic E-state index is 9.04. The van der Waals surface area contributed by atoms with Crippen LogP contribution in [0.2, 0.25) is 0 Å². The Morgan fingerprint density at radius 3 is 1.92 bits per heavy atom. The Labute approximate surface area is 420 Å². The van der Waals surface area contributed by atoms with Gasteiger partial charge in [0.2, 0.25) is 0 Å². The smallest absolute Gasteiger partial charge is 0.268 e. The van der Waals surface area contributed by atoms with Crippen molar-refractivity contribution in [1.29, 1.82) is 0 Å². The molecule has 0 atom stereocenters. The number of hydrogen-bond donors (Lipinski definition) is 0. The Morgan fingerprint density at radius 1 is 0.591 bits per heavy atom. The molecule has 322 valence electrons. The second kappa shape index (κ2) is 17.9. The van der Waals surface area contributed by atoms with E-state index in [2.05, 4.69) is 18.5 Å². The van der Waals surface area contributed by atoms with Crippen molar-refractivity contribution in [2.24, 2.45) is 0 Å². The van der Waals surface area contributed by atoms with Crippen LogP contribution in [0.3, 0.4) is 0 Å². The quantitative estimate of drug-likeness (QED) is 0.107. The summed E-state index contributed by atoms with van der Waals surface area (Å²) in [6, 6.07) is 30.4. The Hall–Kier alpha value is -7.33. The average Bonchev–Trinajstić information content (AvgIpc) is 4.26. The first-order valence-corrected chi connectivity index (χ1v) is 21.4. The number of aromatic nitrogens is 4. The Morgan fingerprint density at radius 2 is 1.21 bits per heavy atom. The van der Waals surface area contributed by atoms with Crippen LogP contribution < -0.4 is 9.30 Å². The molecule has 1 saturated carbocycles. The van der Waals surface area contributed by atoms with Crippen molar-refractivity contribution in [3.05, 3.63) is 224 Å². The number of benzene rings is 8. The van der Waals surface area contributed by atoms with Crippen LogP contribution in [0, 0.1) is 18.5 Å². The molecule has 0 spiro atoms. The summed E-state index contributed by atoms with van der Waals surface area (Å²) in [5, 5.41) is 1.80. The van der Waals surface area contributed by atoms with Crippen LogP contribution >= 0.6 is 0 Å². The van der Waals surface area contributed by atoms with Gasteiger partial charge in [0.1, 0.15) is 5.82 Å². The largest absolute Gasteiger partial charge is 0.510 e. The first-order valence-electron chi connectivity index (χ1n) is 28.9. The van der Waals surface area contributed by atoms with Gasteiger partial charge in [-0.05, 0) is 75.3 Å². The van der Waals surface area contributed by atoms with Gasteiger partial charge in [-0.25, -0.2) is 4.98 Å². The fourth-order valence-electron chi connectivity index (χ4n) is 9.20. The van der Waals surface area contributed by atoms with Crippen LogP contribution in [0.15, 0.2) is 200 Å². The fraction of sp³-hybridized carbons (Fsp3) is 0.100. The summed E-state index contributed by atoms with van der Waals surface area (Å²) in [6.45, 7) is 0. The molecule has 12 rings (SSSR count). The van der Waals surface area contributed by atoms with Gasteiger partial charge >= 0.3 is 0 Å². The monoisotopic (exact) mass is 1050 g/mol. The third kappa shape index (κ3) is 7.53. The molecular formula is C60H44N4OPt-2.